The zero-order valence-corrected chi connectivity index (χ0v) is 19.5. The molecule has 4 rings (SSSR count). The van der Waals surface area contributed by atoms with Crippen LogP contribution in [0.1, 0.15) is 30.5 Å². The summed E-state index contributed by atoms with van der Waals surface area (Å²) in [6.07, 6.45) is -2.37. The molecule has 0 bridgehead atoms. The second-order valence-corrected chi connectivity index (χ2v) is 10.2. The molecule has 0 N–H and O–H groups in total. The molecule has 0 amide bonds. The maximum absolute atomic E-state index is 13.6. The number of aryl methyl sites for hydroxylation is 1. The van der Waals surface area contributed by atoms with Gasteiger partial charge in [-0.3, -0.25) is 4.79 Å². The van der Waals surface area contributed by atoms with Gasteiger partial charge in [0, 0.05) is 24.2 Å². The molecular weight excluding hydrogens is 505 g/mol. The van der Waals surface area contributed by atoms with Crippen molar-refractivity contribution >= 4 is 15.8 Å². The Balaban J connectivity index is 1.45. The lowest BCUT2D eigenvalue weighted by molar-refractivity contribution is -0.137. The zero-order valence-electron chi connectivity index (χ0n) is 18.7. The van der Waals surface area contributed by atoms with Crippen LogP contribution in [0.3, 0.4) is 0 Å². The molecule has 2 heterocycles. The number of nitrogens with zero attached hydrogens (tertiary/aromatic N) is 3. The highest BCUT2D eigenvalue weighted by molar-refractivity contribution is 7.89. The number of alkyl halides is 3. The van der Waals surface area contributed by atoms with Crippen molar-refractivity contribution in [2.75, 3.05) is 6.54 Å². The SMILES string of the molecule is O=C(CCc1cc(-c2ccc(C(F)(F)F)cc2)ncn1)[C@@H]1CCCN1S(=O)(=O)c1ccc(F)c(F)c1. The molecule has 0 unspecified atom stereocenters. The van der Waals surface area contributed by atoms with E-state index in [0.717, 1.165) is 28.6 Å². The summed E-state index contributed by atoms with van der Waals surface area (Å²) in [6, 6.07) is 7.36. The summed E-state index contributed by atoms with van der Waals surface area (Å²) in [4.78, 5) is 20.7. The Bertz CT molecular complexity index is 1380. The van der Waals surface area contributed by atoms with Gasteiger partial charge in [0.05, 0.1) is 22.2 Å². The average Bonchev–Trinajstić information content (AvgIpc) is 3.35. The van der Waals surface area contributed by atoms with Gasteiger partial charge in [-0.2, -0.15) is 17.5 Å². The van der Waals surface area contributed by atoms with Gasteiger partial charge in [-0.25, -0.2) is 27.2 Å². The third kappa shape index (κ3) is 5.44. The van der Waals surface area contributed by atoms with Gasteiger partial charge in [-0.1, -0.05) is 12.1 Å². The molecule has 1 aliphatic heterocycles. The molecule has 0 spiro atoms. The van der Waals surface area contributed by atoms with Crippen molar-refractivity contribution in [2.24, 2.45) is 0 Å². The van der Waals surface area contributed by atoms with Crippen LogP contribution in [-0.2, 0) is 27.4 Å². The molecule has 2 aromatic carbocycles. The lowest BCUT2D eigenvalue weighted by Crippen LogP contribution is -2.40. The van der Waals surface area contributed by atoms with E-state index in [1.54, 1.807) is 6.07 Å². The van der Waals surface area contributed by atoms with Gasteiger partial charge in [-0.15, -0.1) is 0 Å². The molecule has 12 heteroatoms. The predicted octanol–water partition coefficient (Wildman–Crippen LogP) is 4.80. The van der Waals surface area contributed by atoms with Crippen LogP contribution in [0, 0.1) is 11.6 Å². The van der Waals surface area contributed by atoms with E-state index >= 15 is 0 Å². The fourth-order valence-corrected chi connectivity index (χ4v) is 5.75. The highest BCUT2D eigenvalue weighted by atomic mass is 32.2. The van der Waals surface area contributed by atoms with Crippen molar-refractivity contribution in [2.45, 2.75) is 42.8 Å². The highest BCUT2D eigenvalue weighted by Crippen LogP contribution is 2.31. The van der Waals surface area contributed by atoms with E-state index < -0.39 is 44.3 Å². The van der Waals surface area contributed by atoms with Gasteiger partial charge in [0.15, 0.2) is 17.4 Å². The van der Waals surface area contributed by atoms with E-state index in [2.05, 4.69) is 9.97 Å². The van der Waals surface area contributed by atoms with Crippen LogP contribution < -0.4 is 0 Å². The molecule has 1 aliphatic rings. The summed E-state index contributed by atoms with van der Waals surface area (Å²) in [6.45, 7) is 0.0727. The fourth-order valence-electron chi connectivity index (χ4n) is 4.06. The minimum absolute atomic E-state index is 0.0437. The fraction of sp³-hybridized carbons (Fsp3) is 0.292. The lowest BCUT2D eigenvalue weighted by Gasteiger charge is -2.23. The minimum atomic E-state index is -4.46. The van der Waals surface area contributed by atoms with Gasteiger partial charge in [0.25, 0.3) is 0 Å². The van der Waals surface area contributed by atoms with Crippen LogP contribution in [0.15, 0.2) is 59.8 Å². The number of halogens is 5. The van der Waals surface area contributed by atoms with E-state index in [0.29, 0.717) is 35.9 Å². The first-order valence-corrected chi connectivity index (χ1v) is 12.4. The Morgan fingerprint density at radius 3 is 2.39 bits per heavy atom. The van der Waals surface area contributed by atoms with Crippen molar-refractivity contribution in [3.8, 4) is 11.3 Å². The van der Waals surface area contributed by atoms with Crippen LogP contribution in [0.25, 0.3) is 11.3 Å². The van der Waals surface area contributed by atoms with Crippen molar-refractivity contribution in [3.05, 3.63) is 77.8 Å². The van der Waals surface area contributed by atoms with E-state index in [1.165, 1.54) is 18.5 Å². The molecule has 1 fully saturated rings. The first-order valence-electron chi connectivity index (χ1n) is 10.9. The van der Waals surface area contributed by atoms with Crippen molar-refractivity contribution in [1.82, 2.24) is 14.3 Å². The zero-order chi connectivity index (χ0) is 26.1. The average molecular weight is 525 g/mol. The number of ketones is 1. The van der Waals surface area contributed by atoms with Crippen molar-refractivity contribution in [3.63, 3.8) is 0 Å². The molecule has 0 saturated carbocycles. The third-order valence-corrected chi connectivity index (χ3v) is 7.84. The Morgan fingerprint density at radius 2 is 1.72 bits per heavy atom. The Morgan fingerprint density at radius 1 is 1.00 bits per heavy atom. The van der Waals surface area contributed by atoms with Crippen molar-refractivity contribution < 1.29 is 35.2 Å². The van der Waals surface area contributed by atoms with Crippen LogP contribution in [0.4, 0.5) is 22.0 Å². The number of hydrogen-bond acceptors (Lipinski definition) is 5. The van der Waals surface area contributed by atoms with Crippen LogP contribution in [0.5, 0.6) is 0 Å². The summed E-state index contributed by atoms with van der Waals surface area (Å²) in [5, 5.41) is 0. The normalized spacial score (nSPS) is 16.9. The van der Waals surface area contributed by atoms with Gasteiger partial charge in [0.1, 0.15) is 6.33 Å². The van der Waals surface area contributed by atoms with Crippen molar-refractivity contribution in [1.29, 1.82) is 0 Å². The van der Waals surface area contributed by atoms with E-state index in [4.69, 9.17) is 0 Å². The van der Waals surface area contributed by atoms with Gasteiger partial charge >= 0.3 is 6.18 Å². The molecule has 0 radical (unpaired) electrons. The van der Waals surface area contributed by atoms with E-state index in [1.807, 2.05) is 0 Å². The monoisotopic (exact) mass is 525 g/mol. The molecule has 3 aromatic rings. The Kier molecular flexibility index (Phi) is 7.19. The molecule has 190 valence electrons. The summed E-state index contributed by atoms with van der Waals surface area (Å²) < 4.78 is 92.2. The van der Waals surface area contributed by atoms with E-state index in [-0.39, 0.29) is 25.2 Å². The summed E-state index contributed by atoms with van der Waals surface area (Å²) in [5.74, 6) is -2.83. The Labute approximate surface area is 203 Å². The van der Waals surface area contributed by atoms with Crippen LogP contribution in [0.2, 0.25) is 0 Å². The minimum Gasteiger partial charge on any atom is -0.298 e. The first kappa shape index (κ1) is 25.8. The smallest absolute Gasteiger partial charge is 0.298 e. The highest BCUT2D eigenvalue weighted by Gasteiger charge is 2.39. The van der Waals surface area contributed by atoms with Gasteiger partial charge < -0.3 is 0 Å². The molecule has 1 aromatic heterocycles. The number of rotatable bonds is 7. The number of carbonyl (C=O) groups excluding carboxylic acids is 1. The molecular formula is C24H20F5N3O3S. The van der Waals surface area contributed by atoms with Gasteiger partial charge in [-0.05, 0) is 55.7 Å². The summed E-state index contributed by atoms with van der Waals surface area (Å²) >= 11 is 0. The molecule has 1 atom stereocenters. The quantitative estimate of drug-likeness (QED) is 0.414. The molecule has 6 nitrogen and oxygen atoms in total. The molecule has 36 heavy (non-hydrogen) atoms. The maximum Gasteiger partial charge on any atom is 0.416 e. The van der Waals surface area contributed by atoms with Gasteiger partial charge in [0.2, 0.25) is 10.0 Å². The molecule has 0 aliphatic carbocycles. The predicted molar refractivity (Wildman–Crippen MR) is 119 cm³/mol. The maximum atomic E-state index is 13.6. The number of sulfonamides is 1. The van der Waals surface area contributed by atoms with E-state index in [9.17, 15) is 35.2 Å². The third-order valence-electron chi connectivity index (χ3n) is 5.93. The number of carbonyl (C=O) groups is 1. The number of hydrogen-bond donors (Lipinski definition) is 0. The van der Waals surface area contributed by atoms with Crippen LogP contribution >= 0.6 is 0 Å². The summed E-state index contributed by atoms with van der Waals surface area (Å²) in [5.41, 5.74) is 0.494. The van der Waals surface area contributed by atoms with Crippen LogP contribution in [-0.4, -0.2) is 41.1 Å². The summed E-state index contributed by atoms with van der Waals surface area (Å²) in [7, 11) is -4.21. The number of Topliss-reactive ketones (excluding diaryl/α,β-unsaturated/α-hetero) is 1. The standard InChI is InChI=1S/C24H20F5N3O3S/c25-19-9-8-18(13-20(19)26)36(34,35)32-11-1-2-22(32)23(33)10-7-17-12-21(31-14-30-17)15-3-5-16(6-4-15)24(27,28)29/h3-6,8-9,12-14,22H,1-2,7,10-11H2/t22-/m0/s1. The topological polar surface area (TPSA) is 80.2 Å². The number of aromatic nitrogens is 2. The lowest BCUT2D eigenvalue weighted by atomic mass is 10.0. The Hall–Kier alpha value is -3.25. The second kappa shape index (κ2) is 10.0. The second-order valence-electron chi connectivity index (χ2n) is 8.29. The first-order chi connectivity index (χ1) is 17.0. The molecule has 1 saturated heterocycles. The number of benzene rings is 2. The largest absolute Gasteiger partial charge is 0.416 e.